The first-order chi connectivity index (χ1) is 45.6. The van der Waals surface area contributed by atoms with Crippen LogP contribution in [0, 0.1) is 0 Å². The summed E-state index contributed by atoms with van der Waals surface area (Å²) in [6, 6.07) is 0. The van der Waals surface area contributed by atoms with Gasteiger partial charge in [0.25, 0.3) is 6.29 Å². The molecule has 0 amide bonds. The van der Waals surface area contributed by atoms with Crippen molar-refractivity contribution in [2.75, 3.05) is 47.5 Å². The van der Waals surface area contributed by atoms with Crippen LogP contribution in [0.2, 0.25) is 0 Å². The predicted molar refractivity (Wildman–Crippen MR) is 400 cm³/mol. The van der Waals surface area contributed by atoms with Crippen LogP contribution < -0.4 is 0 Å². The SMILES string of the molecule is CC/C=C\C/C=C\C/C=C\C/C=C\C/C=C\C/C=C\C/C=C\C/C=C\C/C=C\C/C=C\CCCCCCC(=O)OC(COC(=O)CCCCCCCCCCCCCCCCCCCCCCC/C=C\C/C=C\CCCCCCC)COC(OCC[N+](C)(C)C)C(=O)O. The second-order valence-electron chi connectivity index (χ2n) is 26.2. The van der Waals surface area contributed by atoms with E-state index in [1.54, 1.807) is 0 Å². The maximum absolute atomic E-state index is 13.0. The van der Waals surface area contributed by atoms with Crippen LogP contribution in [0.25, 0.3) is 0 Å². The van der Waals surface area contributed by atoms with Crippen molar-refractivity contribution in [1.29, 1.82) is 0 Å². The van der Waals surface area contributed by atoms with Crippen LogP contribution in [-0.4, -0.2) is 87.4 Å². The second-order valence-corrected chi connectivity index (χ2v) is 26.2. The summed E-state index contributed by atoms with van der Waals surface area (Å²) in [5.74, 6) is -2.04. The zero-order valence-corrected chi connectivity index (χ0v) is 60.6. The number of nitrogens with zero attached hydrogens (tertiary/aromatic N) is 1. The monoisotopic (exact) mass is 1290 g/mol. The fourth-order valence-electron chi connectivity index (χ4n) is 10.3. The van der Waals surface area contributed by atoms with Crippen molar-refractivity contribution in [3.63, 3.8) is 0 Å². The van der Waals surface area contributed by atoms with Gasteiger partial charge in [-0.1, -0.05) is 320 Å². The van der Waals surface area contributed by atoms with Gasteiger partial charge in [-0.3, -0.25) is 9.59 Å². The van der Waals surface area contributed by atoms with E-state index in [2.05, 4.69) is 160 Å². The molecular weight excluding hydrogens is 1150 g/mol. The topological polar surface area (TPSA) is 108 Å². The lowest BCUT2D eigenvalue weighted by molar-refractivity contribution is -0.870. The molecule has 9 heteroatoms. The quantitative estimate of drug-likeness (QED) is 0.0211. The van der Waals surface area contributed by atoms with Crippen LogP contribution in [0.1, 0.15) is 309 Å². The van der Waals surface area contributed by atoms with Gasteiger partial charge in [-0.25, -0.2) is 4.79 Å². The Hall–Kier alpha value is -4.83. The number of hydrogen-bond acceptors (Lipinski definition) is 7. The summed E-state index contributed by atoms with van der Waals surface area (Å²) in [6.45, 7) is 4.74. The van der Waals surface area contributed by atoms with Crippen molar-refractivity contribution in [3.8, 4) is 0 Å². The average molecular weight is 1290 g/mol. The zero-order valence-electron chi connectivity index (χ0n) is 60.6. The van der Waals surface area contributed by atoms with E-state index >= 15 is 0 Å². The van der Waals surface area contributed by atoms with Gasteiger partial charge in [0.1, 0.15) is 13.2 Å². The number of carbonyl (C=O) groups excluding carboxylic acids is 2. The Balaban J connectivity index is 4.16. The fourth-order valence-corrected chi connectivity index (χ4v) is 10.3. The predicted octanol–water partition coefficient (Wildman–Crippen LogP) is 24.3. The molecule has 0 heterocycles. The van der Waals surface area contributed by atoms with Gasteiger partial charge < -0.3 is 28.5 Å². The molecule has 0 bridgehead atoms. The van der Waals surface area contributed by atoms with E-state index in [4.69, 9.17) is 18.9 Å². The molecule has 0 aromatic carbocycles. The number of esters is 2. The zero-order chi connectivity index (χ0) is 67.5. The smallest absolute Gasteiger partial charge is 0.361 e. The van der Waals surface area contributed by atoms with E-state index in [-0.39, 0.29) is 32.2 Å². The third kappa shape index (κ3) is 74.4. The van der Waals surface area contributed by atoms with E-state index < -0.39 is 24.3 Å². The molecule has 0 spiro atoms. The Labute approximate surface area is 572 Å². The highest BCUT2D eigenvalue weighted by Gasteiger charge is 2.25. The number of aliphatic carboxylic acids is 1. The number of hydrogen-bond donors (Lipinski definition) is 1. The number of rotatable bonds is 69. The Morgan fingerprint density at radius 3 is 0.914 bits per heavy atom. The summed E-state index contributed by atoms with van der Waals surface area (Å²) in [7, 11) is 5.97. The fraction of sp³-hybridized carbons (Fsp3) is 0.679. The molecule has 0 aromatic rings. The van der Waals surface area contributed by atoms with Crippen molar-refractivity contribution in [2.24, 2.45) is 0 Å². The summed E-state index contributed by atoms with van der Waals surface area (Å²) in [6.07, 6.45) is 104. The summed E-state index contributed by atoms with van der Waals surface area (Å²) < 4.78 is 23.0. The molecular formula is C84H142NO8+. The van der Waals surface area contributed by atoms with E-state index in [1.165, 1.54) is 161 Å². The molecule has 0 aliphatic carbocycles. The highest BCUT2D eigenvalue weighted by Crippen LogP contribution is 2.17. The Kier molecular flexibility index (Phi) is 69.2. The third-order valence-corrected chi connectivity index (χ3v) is 16.1. The maximum Gasteiger partial charge on any atom is 0.361 e. The van der Waals surface area contributed by atoms with Gasteiger partial charge >= 0.3 is 17.9 Å². The lowest BCUT2D eigenvalue weighted by Gasteiger charge is -2.25. The van der Waals surface area contributed by atoms with E-state index in [0.29, 0.717) is 23.9 Å². The van der Waals surface area contributed by atoms with Gasteiger partial charge in [0, 0.05) is 12.8 Å². The minimum Gasteiger partial charge on any atom is -0.477 e. The summed E-state index contributed by atoms with van der Waals surface area (Å²) >= 11 is 0. The number of ether oxygens (including phenoxy) is 4. The highest BCUT2D eigenvalue weighted by atomic mass is 16.7. The van der Waals surface area contributed by atoms with E-state index in [0.717, 1.165) is 116 Å². The van der Waals surface area contributed by atoms with E-state index in [9.17, 15) is 19.5 Å². The molecule has 0 aliphatic rings. The van der Waals surface area contributed by atoms with Crippen LogP contribution in [0.3, 0.4) is 0 Å². The molecule has 2 atom stereocenters. The lowest BCUT2D eigenvalue weighted by atomic mass is 10.0. The van der Waals surface area contributed by atoms with Crippen LogP contribution in [-0.2, 0) is 33.3 Å². The largest absolute Gasteiger partial charge is 0.477 e. The standard InChI is InChI=1S/C84H141NO8/c1-6-8-10-12-14-16-18-20-22-24-26-28-30-32-34-36-38-40-41-43-45-47-49-51-53-55-57-59-61-63-65-67-69-71-73-75-82(87)93-80(79-92-84(83(88)89)90-77-76-85(3,4)5)78-91-81(86)74-72-70-68-66-64-62-60-58-56-54-52-50-48-46-44-42-39-37-35-33-31-29-27-25-23-21-19-17-15-13-11-9-7-2/h8,10,14,16,19-22,25-28,32,34,38,40,43,45,49,51,55,57,61,63,80,84H,6-7,9,11-13,15,17-18,23-24,29-31,33,35-37,39,41-42,44,46-48,50,52-54,56,58-60,62,64-79H2,1-5H3/p+1/b10-8-,16-14-,21-19-,22-20-,27-25-,28-26-,34-32-,40-38-,45-43-,51-49-,57-55-,63-61-. The van der Waals surface area contributed by atoms with Gasteiger partial charge in [0.2, 0.25) is 0 Å². The van der Waals surface area contributed by atoms with Gasteiger partial charge in [0.15, 0.2) is 6.10 Å². The van der Waals surface area contributed by atoms with Crippen molar-refractivity contribution >= 4 is 17.9 Å². The maximum atomic E-state index is 13.0. The molecule has 93 heavy (non-hydrogen) atoms. The molecule has 0 saturated heterocycles. The van der Waals surface area contributed by atoms with Crippen LogP contribution >= 0.6 is 0 Å². The molecule has 2 unspecified atom stereocenters. The van der Waals surface area contributed by atoms with Crippen LogP contribution in [0.4, 0.5) is 0 Å². The number of carboxylic acids is 1. The molecule has 0 saturated carbocycles. The minimum atomic E-state index is -1.53. The van der Waals surface area contributed by atoms with Gasteiger partial charge in [-0.15, -0.1) is 0 Å². The third-order valence-electron chi connectivity index (χ3n) is 16.1. The number of likely N-dealkylation sites (N-methyl/N-ethyl adjacent to an activating group) is 1. The van der Waals surface area contributed by atoms with Crippen LogP contribution in [0.5, 0.6) is 0 Å². The molecule has 0 fully saturated rings. The molecule has 530 valence electrons. The molecule has 1 N–H and O–H groups in total. The number of carboxylic acid groups (broad SMARTS) is 1. The Morgan fingerprint density at radius 2 is 0.613 bits per heavy atom. The first-order valence-corrected chi connectivity index (χ1v) is 38.0. The number of carbonyl (C=O) groups is 3. The summed E-state index contributed by atoms with van der Waals surface area (Å²) in [5, 5.41) is 9.76. The Bertz CT molecular complexity index is 2040. The van der Waals surface area contributed by atoms with Gasteiger partial charge in [-0.05, 0) is 122 Å². The number of allylic oxidation sites excluding steroid dienone is 24. The van der Waals surface area contributed by atoms with Gasteiger partial charge in [0.05, 0.1) is 34.4 Å². The highest BCUT2D eigenvalue weighted by molar-refractivity contribution is 5.71. The number of unbranched alkanes of at least 4 members (excludes halogenated alkanes) is 30. The Morgan fingerprint density at radius 1 is 0.333 bits per heavy atom. The summed E-state index contributed by atoms with van der Waals surface area (Å²) in [4.78, 5) is 37.7. The van der Waals surface area contributed by atoms with Crippen molar-refractivity contribution < 1.29 is 42.9 Å². The first kappa shape index (κ1) is 88.2. The minimum absolute atomic E-state index is 0.176. The van der Waals surface area contributed by atoms with E-state index in [1.807, 2.05) is 21.1 Å². The van der Waals surface area contributed by atoms with Crippen LogP contribution in [0.15, 0.2) is 146 Å². The number of quaternary nitrogens is 1. The second kappa shape index (κ2) is 73.0. The normalized spacial score (nSPS) is 13.5. The van der Waals surface area contributed by atoms with Gasteiger partial charge in [-0.2, -0.15) is 0 Å². The molecule has 0 aliphatic heterocycles. The molecule has 0 rings (SSSR count). The average Bonchev–Trinajstić information content (AvgIpc) is 3.74. The van der Waals surface area contributed by atoms with Crippen molar-refractivity contribution in [1.82, 2.24) is 0 Å². The lowest BCUT2D eigenvalue weighted by Crippen LogP contribution is -2.40. The summed E-state index contributed by atoms with van der Waals surface area (Å²) in [5.41, 5.74) is 0. The van der Waals surface area contributed by atoms with Crippen molar-refractivity contribution in [2.45, 2.75) is 322 Å². The van der Waals surface area contributed by atoms with Crippen molar-refractivity contribution in [3.05, 3.63) is 146 Å². The molecule has 0 aromatic heterocycles. The first-order valence-electron chi connectivity index (χ1n) is 38.0. The molecule has 0 radical (unpaired) electrons. The molecule has 9 nitrogen and oxygen atoms in total.